The number of carboxylic acids is 1. The number of aromatic nitrogens is 2. The molecule has 3 aromatic rings. The second-order valence-electron chi connectivity index (χ2n) is 6.51. The molecule has 1 unspecified atom stereocenters. The highest BCUT2D eigenvalue weighted by atomic mass is 32.2. The van der Waals surface area contributed by atoms with E-state index in [1.807, 2.05) is 0 Å². The molecular formula is C21H17F2N3O6S. The van der Waals surface area contributed by atoms with Gasteiger partial charge in [-0.2, -0.15) is 4.39 Å². The number of halogens is 2. The number of esters is 1. The molecule has 2 N–H and O–H groups in total. The monoisotopic (exact) mass is 477 g/mol. The largest absolute Gasteiger partial charge is 0.478 e. The molecule has 0 fully saturated rings. The van der Waals surface area contributed by atoms with Crippen LogP contribution in [0.5, 0.6) is 0 Å². The minimum atomic E-state index is -4.55. The lowest BCUT2D eigenvalue weighted by atomic mass is 10.2. The Morgan fingerprint density at radius 3 is 2.55 bits per heavy atom. The molecule has 0 spiro atoms. The maximum absolute atomic E-state index is 14.4. The second kappa shape index (κ2) is 9.71. The summed E-state index contributed by atoms with van der Waals surface area (Å²) in [6, 6.07) is 8.57. The average molecular weight is 477 g/mol. The lowest BCUT2D eigenvalue weighted by molar-refractivity contribution is -0.145. The number of hydrogen-bond donors (Lipinski definition) is 2. The van der Waals surface area contributed by atoms with Crippen molar-refractivity contribution in [2.24, 2.45) is 0 Å². The zero-order valence-corrected chi connectivity index (χ0v) is 17.8. The van der Waals surface area contributed by atoms with Crippen molar-refractivity contribution in [3.63, 3.8) is 0 Å². The summed E-state index contributed by atoms with van der Waals surface area (Å²) in [5, 5.41) is 11.3. The molecule has 33 heavy (non-hydrogen) atoms. The average Bonchev–Trinajstić information content (AvgIpc) is 3.22. The molecule has 0 aliphatic heterocycles. The van der Waals surface area contributed by atoms with E-state index in [1.165, 1.54) is 43.6 Å². The van der Waals surface area contributed by atoms with Gasteiger partial charge in [0.25, 0.3) is 10.0 Å². The number of rotatable bonds is 8. The van der Waals surface area contributed by atoms with E-state index in [0.717, 1.165) is 18.3 Å². The van der Waals surface area contributed by atoms with Gasteiger partial charge in [-0.15, -0.1) is 0 Å². The minimum absolute atomic E-state index is 0.0627. The SMILES string of the molecule is CNC(OC(=O)/C=C/C(=O)O)c1cc(-c2cccnc2F)n(S(=O)(=O)c2ccccc2F)c1. The summed E-state index contributed by atoms with van der Waals surface area (Å²) >= 11 is 0. The molecule has 1 atom stereocenters. The van der Waals surface area contributed by atoms with Crippen LogP contribution in [0.3, 0.4) is 0 Å². The van der Waals surface area contributed by atoms with Gasteiger partial charge in [0.2, 0.25) is 5.95 Å². The molecule has 2 aromatic heterocycles. The molecule has 0 saturated heterocycles. The second-order valence-corrected chi connectivity index (χ2v) is 8.29. The molecule has 172 valence electrons. The van der Waals surface area contributed by atoms with E-state index in [1.54, 1.807) is 0 Å². The third kappa shape index (κ3) is 5.13. The van der Waals surface area contributed by atoms with E-state index in [0.29, 0.717) is 16.1 Å². The van der Waals surface area contributed by atoms with Gasteiger partial charge in [0.1, 0.15) is 10.7 Å². The lowest BCUT2D eigenvalue weighted by Gasteiger charge is -2.14. The Kier molecular flexibility index (Phi) is 6.99. The molecule has 1 aromatic carbocycles. The number of hydrogen-bond acceptors (Lipinski definition) is 7. The molecule has 0 aliphatic carbocycles. The van der Waals surface area contributed by atoms with Crippen molar-refractivity contribution < 1.29 is 36.6 Å². The number of carboxylic acid groups (broad SMARTS) is 1. The minimum Gasteiger partial charge on any atom is -0.478 e. The van der Waals surface area contributed by atoms with E-state index in [-0.39, 0.29) is 16.8 Å². The Balaban J connectivity index is 2.15. The summed E-state index contributed by atoms with van der Waals surface area (Å²) < 4.78 is 61.1. The highest BCUT2D eigenvalue weighted by Gasteiger charge is 2.28. The summed E-state index contributed by atoms with van der Waals surface area (Å²) in [6.45, 7) is 0. The van der Waals surface area contributed by atoms with Crippen LogP contribution in [0.4, 0.5) is 8.78 Å². The number of nitrogens with one attached hydrogen (secondary N) is 1. The van der Waals surface area contributed by atoms with Gasteiger partial charge >= 0.3 is 11.9 Å². The van der Waals surface area contributed by atoms with E-state index in [4.69, 9.17) is 9.84 Å². The number of aliphatic carboxylic acids is 1. The van der Waals surface area contributed by atoms with Crippen LogP contribution in [0.2, 0.25) is 0 Å². The van der Waals surface area contributed by atoms with Gasteiger partial charge in [-0.05, 0) is 37.4 Å². The zero-order valence-electron chi connectivity index (χ0n) is 17.0. The molecule has 0 amide bonds. The fraction of sp³-hybridized carbons (Fsp3) is 0.0952. The van der Waals surface area contributed by atoms with Crippen LogP contribution >= 0.6 is 0 Å². The number of pyridine rings is 1. The van der Waals surface area contributed by atoms with E-state index in [9.17, 15) is 26.8 Å². The Hall–Kier alpha value is -3.90. The van der Waals surface area contributed by atoms with Gasteiger partial charge < -0.3 is 9.84 Å². The maximum Gasteiger partial charge on any atom is 0.332 e. The Morgan fingerprint density at radius 1 is 1.18 bits per heavy atom. The van der Waals surface area contributed by atoms with Crippen LogP contribution in [0.25, 0.3) is 11.3 Å². The van der Waals surface area contributed by atoms with E-state index >= 15 is 0 Å². The summed E-state index contributed by atoms with van der Waals surface area (Å²) in [5.74, 6) is -4.39. The van der Waals surface area contributed by atoms with Gasteiger partial charge in [0.05, 0.1) is 11.3 Å². The third-order valence-corrected chi connectivity index (χ3v) is 6.08. The van der Waals surface area contributed by atoms with E-state index in [2.05, 4.69) is 10.3 Å². The number of ether oxygens (including phenoxy) is 1. The van der Waals surface area contributed by atoms with Crippen LogP contribution in [0, 0.1) is 11.8 Å². The van der Waals surface area contributed by atoms with Gasteiger partial charge in [0, 0.05) is 30.1 Å². The molecule has 3 rings (SSSR count). The summed E-state index contributed by atoms with van der Waals surface area (Å²) in [6.07, 6.45) is 2.21. The van der Waals surface area contributed by atoms with Gasteiger partial charge in [-0.3, -0.25) is 5.32 Å². The Bertz CT molecular complexity index is 1340. The molecule has 0 bridgehead atoms. The molecule has 0 saturated carbocycles. The molecule has 0 radical (unpaired) electrons. The van der Waals surface area contributed by atoms with Crippen molar-refractivity contribution in [1.82, 2.24) is 14.3 Å². The predicted octanol–water partition coefficient (Wildman–Crippen LogP) is 2.47. The first kappa shape index (κ1) is 23.8. The van der Waals surface area contributed by atoms with Crippen LogP contribution in [-0.2, 0) is 24.3 Å². The Morgan fingerprint density at radius 2 is 1.91 bits per heavy atom. The fourth-order valence-corrected chi connectivity index (χ4v) is 4.38. The van der Waals surface area contributed by atoms with Crippen molar-refractivity contribution >= 4 is 22.0 Å². The Labute approximate surface area is 187 Å². The summed E-state index contributed by atoms with van der Waals surface area (Å²) in [7, 11) is -3.15. The molecule has 0 aliphatic rings. The first-order valence-corrected chi connectivity index (χ1v) is 10.7. The van der Waals surface area contributed by atoms with Gasteiger partial charge in [-0.25, -0.2) is 31.4 Å². The van der Waals surface area contributed by atoms with Crippen molar-refractivity contribution in [2.75, 3.05) is 7.05 Å². The maximum atomic E-state index is 14.4. The number of carbonyl (C=O) groups is 2. The van der Waals surface area contributed by atoms with Crippen molar-refractivity contribution in [2.45, 2.75) is 11.1 Å². The highest BCUT2D eigenvalue weighted by molar-refractivity contribution is 7.90. The molecule has 12 heteroatoms. The molecule has 2 heterocycles. The van der Waals surface area contributed by atoms with Crippen LogP contribution < -0.4 is 5.32 Å². The lowest BCUT2D eigenvalue weighted by Crippen LogP contribution is -2.22. The first-order valence-electron chi connectivity index (χ1n) is 9.27. The molecular weight excluding hydrogens is 460 g/mol. The quantitative estimate of drug-likeness (QED) is 0.219. The van der Waals surface area contributed by atoms with Gasteiger partial charge in [0.15, 0.2) is 6.23 Å². The van der Waals surface area contributed by atoms with Crippen LogP contribution in [-0.4, -0.2) is 41.5 Å². The summed E-state index contributed by atoms with van der Waals surface area (Å²) in [5.41, 5.74) is -0.334. The number of benzene rings is 1. The standard InChI is InChI=1S/C21H17F2N3O6S/c1-24-21(32-19(29)9-8-18(27)28)13-11-16(14-5-4-10-25-20(14)23)26(12-13)33(30,31)17-7-3-2-6-15(17)22/h2-12,21,24H,1H3,(H,27,28)/b9-8+. The zero-order chi connectivity index (χ0) is 24.2. The van der Waals surface area contributed by atoms with Crippen molar-refractivity contribution in [1.29, 1.82) is 0 Å². The van der Waals surface area contributed by atoms with Crippen molar-refractivity contribution in [3.8, 4) is 11.3 Å². The van der Waals surface area contributed by atoms with Crippen molar-refractivity contribution in [3.05, 3.63) is 84.3 Å². The normalized spacial score (nSPS) is 12.6. The smallest absolute Gasteiger partial charge is 0.332 e. The topological polar surface area (TPSA) is 128 Å². The van der Waals surface area contributed by atoms with Crippen LogP contribution in [0.15, 0.2) is 71.9 Å². The van der Waals surface area contributed by atoms with Gasteiger partial charge in [-0.1, -0.05) is 12.1 Å². The first-order chi connectivity index (χ1) is 15.6. The fourth-order valence-electron chi connectivity index (χ4n) is 2.93. The van der Waals surface area contributed by atoms with Crippen LogP contribution in [0.1, 0.15) is 11.8 Å². The third-order valence-electron chi connectivity index (χ3n) is 4.38. The predicted molar refractivity (Wildman–Crippen MR) is 111 cm³/mol. The van der Waals surface area contributed by atoms with E-state index < -0.39 is 44.9 Å². The summed E-state index contributed by atoms with van der Waals surface area (Å²) in [4.78, 5) is 25.4. The number of nitrogens with zero attached hydrogens (tertiary/aromatic N) is 2. The molecule has 9 nitrogen and oxygen atoms in total. The number of carbonyl (C=O) groups excluding carboxylic acids is 1. The highest BCUT2D eigenvalue weighted by Crippen LogP contribution is 2.31.